The third-order valence-electron chi connectivity index (χ3n) is 2.24. The number of aliphatic carboxylic acids is 1. The Morgan fingerprint density at radius 2 is 1.25 bits per heavy atom. The van der Waals surface area contributed by atoms with Crippen LogP contribution in [0.25, 0.3) is 0 Å². The van der Waals surface area contributed by atoms with Crippen LogP contribution in [0.5, 0.6) is 0 Å². The number of carboxylic acids is 1. The first-order valence-electron chi connectivity index (χ1n) is 6.51. The summed E-state index contributed by atoms with van der Waals surface area (Å²) in [7, 11) is 0. The van der Waals surface area contributed by atoms with Gasteiger partial charge in [-0.25, -0.2) is 0 Å². The van der Waals surface area contributed by atoms with Crippen molar-refractivity contribution < 1.29 is 15.0 Å². The van der Waals surface area contributed by atoms with Gasteiger partial charge in [0, 0.05) is 13.0 Å². The van der Waals surface area contributed by atoms with Crippen molar-refractivity contribution in [3.8, 4) is 0 Å². The first-order chi connectivity index (χ1) is 7.68. The average molecular weight is 232 g/mol. The molecule has 0 atom stereocenters. The molecule has 3 heteroatoms. The van der Waals surface area contributed by atoms with Gasteiger partial charge in [-0.15, -0.1) is 0 Å². The van der Waals surface area contributed by atoms with Crippen LogP contribution in [0.1, 0.15) is 71.6 Å². The fraction of sp³-hybridized carbons (Fsp3) is 0.923. The Morgan fingerprint density at radius 1 is 0.875 bits per heavy atom. The SMILES string of the molecule is CCCCCCCCCCC(=O)O.CCO. The molecule has 0 aliphatic heterocycles. The van der Waals surface area contributed by atoms with Gasteiger partial charge in [-0.1, -0.05) is 51.9 Å². The molecule has 0 rings (SSSR count). The van der Waals surface area contributed by atoms with Crippen LogP contribution in [0.15, 0.2) is 0 Å². The van der Waals surface area contributed by atoms with Gasteiger partial charge in [0.15, 0.2) is 0 Å². The maximum atomic E-state index is 10.2. The van der Waals surface area contributed by atoms with Crippen LogP contribution in [0.4, 0.5) is 0 Å². The number of hydrogen-bond donors (Lipinski definition) is 2. The first-order valence-corrected chi connectivity index (χ1v) is 6.51. The largest absolute Gasteiger partial charge is 0.481 e. The molecule has 98 valence electrons. The van der Waals surface area contributed by atoms with Gasteiger partial charge in [0.2, 0.25) is 0 Å². The topological polar surface area (TPSA) is 57.5 Å². The predicted octanol–water partition coefficient (Wildman–Crippen LogP) is 3.60. The first kappa shape index (κ1) is 17.8. The van der Waals surface area contributed by atoms with E-state index in [1.54, 1.807) is 6.92 Å². The zero-order valence-electron chi connectivity index (χ0n) is 10.9. The number of carboxylic acid groups (broad SMARTS) is 1. The Kier molecular flexibility index (Phi) is 18.8. The molecule has 16 heavy (non-hydrogen) atoms. The second kappa shape index (κ2) is 16.8. The summed E-state index contributed by atoms with van der Waals surface area (Å²) in [5.74, 6) is -0.661. The van der Waals surface area contributed by atoms with Gasteiger partial charge in [0.1, 0.15) is 0 Å². The predicted molar refractivity (Wildman–Crippen MR) is 67.6 cm³/mol. The van der Waals surface area contributed by atoms with Crippen LogP contribution in [-0.4, -0.2) is 22.8 Å². The molecule has 3 nitrogen and oxygen atoms in total. The van der Waals surface area contributed by atoms with E-state index < -0.39 is 5.97 Å². The molecule has 0 saturated carbocycles. The van der Waals surface area contributed by atoms with Crippen LogP contribution in [0.2, 0.25) is 0 Å². The normalized spacial score (nSPS) is 9.44. The molecule has 0 spiro atoms. The highest BCUT2D eigenvalue weighted by Crippen LogP contribution is 2.09. The van der Waals surface area contributed by atoms with Crippen LogP contribution in [0, 0.1) is 0 Å². The average Bonchev–Trinajstić information content (AvgIpc) is 2.23. The molecule has 0 saturated heterocycles. The standard InChI is InChI=1S/C11H22O2.C2H6O/c1-2-3-4-5-6-7-8-9-10-11(12)13;1-2-3/h2-10H2,1H3,(H,12,13);3H,2H2,1H3. The third-order valence-corrected chi connectivity index (χ3v) is 2.24. The molecule has 0 aliphatic carbocycles. The minimum atomic E-state index is -0.661. The lowest BCUT2D eigenvalue weighted by molar-refractivity contribution is -0.137. The number of carbonyl (C=O) groups is 1. The Balaban J connectivity index is 0. The monoisotopic (exact) mass is 232 g/mol. The maximum Gasteiger partial charge on any atom is 0.303 e. The third kappa shape index (κ3) is 23.3. The van der Waals surface area contributed by atoms with E-state index in [4.69, 9.17) is 10.2 Å². The second-order valence-corrected chi connectivity index (χ2v) is 3.93. The minimum absolute atomic E-state index is 0.250. The summed E-state index contributed by atoms with van der Waals surface area (Å²) < 4.78 is 0. The summed E-state index contributed by atoms with van der Waals surface area (Å²) in [5, 5.41) is 16.0. The second-order valence-electron chi connectivity index (χ2n) is 3.93. The van der Waals surface area contributed by atoms with E-state index in [1.807, 2.05) is 0 Å². The molecule has 2 N–H and O–H groups in total. The van der Waals surface area contributed by atoms with Gasteiger partial charge >= 0.3 is 5.97 Å². The zero-order chi connectivity index (χ0) is 12.6. The summed E-state index contributed by atoms with van der Waals surface area (Å²) in [5.41, 5.74) is 0. The molecule has 0 radical (unpaired) electrons. The highest BCUT2D eigenvalue weighted by atomic mass is 16.4. The smallest absolute Gasteiger partial charge is 0.303 e. The summed E-state index contributed by atoms with van der Waals surface area (Å²) >= 11 is 0. The van der Waals surface area contributed by atoms with Crippen molar-refractivity contribution in [1.82, 2.24) is 0 Å². The van der Waals surface area contributed by atoms with Crippen LogP contribution >= 0.6 is 0 Å². The molecule has 0 unspecified atom stereocenters. The molecule has 0 heterocycles. The van der Waals surface area contributed by atoms with Gasteiger partial charge in [-0.3, -0.25) is 4.79 Å². The highest BCUT2D eigenvalue weighted by molar-refractivity contribution is 5.66. The van der Waals surface area contributed by atoms with Gasteiger partial charge in [-0.05, 0) is 13.3 Å². The number of aliphatic hydroxyl groups is 1. The summed E-state index contributed by atoms with van der Waals surface area (Å²) in [6, 6.07) is 0. The minimum Gasteiger partial charge on any atom is -0.481 e. The van der Waals surface area contributed by atoms with E-state index in [0.717, 1.165) is 12.8 Å². The van der Waals surface area contributed by atoms with Crippen molar-refractivity contribution in [2.24, 2.45) is 0 Å². The van der Waals surface area contributed by atoms with Crippen LogP contribution in [0.3, 0.4) is 0 Å². The molecule has 0 aromatic carbocycles. The molecule has 0 amide bonds. The molecule has 0 fully saturated rings. The van der Waals surface area contributed by atoms with Crippen molar-refractivity contribution in [3.63, 3.8) is 0 Å². The van der Waals surface area contributed by atoms with Crippen LogP contribution in [-0.2, 0) is 4.79 Å². The Hall–Kier alpha value is -0.570. The van der Waals surface area contributed by atoms with Crippen molar-refractivity contribution in [2.75, 3.05) is 6.61 Å². The fourth-order valence-corrected chi connectivity index (χ4v) is 1.41. The van der Waals surface area contributed by atoms with E-state index in [9.17, 15) is 4.79 Å². The van der Waals surface area contributed by atoms with E-state index in [1.165, 1.54) is 38.5 Å². The van der Waals surface area contributed by atoms with Gasteiger partial charge in [0.05, 0.1) is 0 Å². The molecule has 0 aromatic rings. The lowest BCUT2D eigenvalue weighted by Crippen LogP contribution is -1.93. The molecular formula is C13H28O3. The van der Waals surface area contributed by atoms with Crippen molar-refractivity contribution >= 4 is 5.97 Å². The molecule has 0 aliphatic rings. The summed E-state index contributed by atoms with van der Waals surface area (Å²) in [6.45, 7) is 4.15. The number of unbranched alkanes of at least 4 members (excludes halogenated alkanes) is 7. The quantitative estimate of drug-likeness (QED) is 0.597. The van der Waals surface area contributed by atoms with Gasteiger partial charge < -0.3 is 10.2 Å². The summed E-state index contributed by atoms with van der Waals surface area (Å²) in [6.07, 6.45) is 10.1. The lowest BCUT2D eigenvalue weighted by atomic mass is 10.1. The van der Waals surface area contributed by atoms with Crippen molar-refractivity contribution in [3.05, 3.63) is 0 Å². The fourth-order valence-electron chi connectivity index (χ4n) is 1.41. The Labute approximate surface area is 99.9 Å². The van der Waals surface area contributed by atoms with Crippen molar-refractivity contribution in [2.45, 2.75) is 71.6 Å². The molecular weight excluding hydrogens is 204 g/mol. The van der Waals surface area contributed by atoms with Crippen LogP contribution < -0.4 is 0 Å². The molecule has 0 bridgehead atoms. The van der Waals surface area contributed by atoms with E-state index in [-0.39, 0.29) is 6.61 Å². The van der Waals surface area contributed by atoms with E-state index in [0.29, 0.717) is 6.42 Å². The van der Waals surface area contributed by atoms with Crippen molar-refractivity contribution in [1.29, 1.82) is 0 Å². The van der Waals surface area contributed by atoms with E-state index >= 15 is 0 Å². The van der Waals surface area contributed by atoms with Gasteiger partial charge in [-0.2, -0.15) is 0 Å². The Bertz CT molecular complexity index is 135. The lowest BCUT2D eigenvalue weighted by Gasteiger charge is -1.99. The summed E-state index contributed by atoms with van der Waals surface area (Å²) in [4.78, 5) is 10.2. The molecule has 0 aromatic heterocycles. The maximum absolute atomic E-state index is 10.2. The number of aliphatic hydroxyl groups excluding tert-OH is 1. The zero-order valence-corrected chi connectivity index (χ0v) is 10.9. The Morgan fingerprint density at radius 3 is 1.62 bits per heavy atom. The number of hydrogen-bond acceptors (Lipinski definition) is 2. The van der Waals surface area contributed by atoms with Gasteiger partial charge in [0.25, 0.3) is 0 Å². The highest BCUT2D eigenvalue weighted by Gasteiger charge is 1.95. The number of rotatable bonds is 9. The van der Waals surface area contributed by atoms with E-state index in [2.05, 4.69) is 6.92 Å².